The number of hydrogen-bond donors (Lipinski definition) is 0. The van der Waals surface area contributed by atoms with Gasteiger partial charge < -0.3 is 4.90 Å². The molecule has 1 aromatic carbocycles. The number of likely N-dealkylation sites (tertiary alicyclic amines) is 1. The Kier molecular flexibility index (Phi) is 6.38. The highest BCUT2D eigenvalue weighted by molar-refractivity contribution is 5.91. The molecule has 3 aromatic rings. The van der Waals surface area contributed by atoms with Gasteiger partial charge in [0, 0.05) is 44.3 Å². The molecule has 0 bridgehead atoms. The van der Waals surface area contributed by atoms with Crippen LogP contribution in [0.2, 0.25) is 0 Å². The van der Waals surface area contributed by atoms with E-state index in [2.05, 4.69) is 44.5 Å². The molecule has 0 unspecified atom stereocenters. The zero-order valence-electron chi connectivity index (χ0n) is 17.9. The summed E-state index contributed by atoms with van der Waals surface area (Å²) in [7, 11) is 0. The van der Waals surface area contributed by atoms with E-state index in [1.807, 2.05) is 30.8 Å². The van der Waals surface area contributed by atoms with Crippen molar-refractivity contribution in [2.75, 3.05) is 26.2 Å². The van der Waals surface area contributed by atoms with Gasteiger partial charge in [-0.15, -0.1) is 5.10 Å². The van der Waals surface area contributed by atoms with Crippen molar-refractivity contribution in [3.8, 4) is 0 Å². The van der Waals surface area contributed by atoms with Gasteiger partial charge in [0.2, 0.25) is 0 Å². The van der Waals surface area contributed by atoms with Gasteiger partial charge in [0.15, 0.2) is 5.69 Å². The van der Waals surface area contributed by atoms with Gasteiger partial charge in [0.1, 0.15) is 0 Å². The van der Waals surface area contributed by atoms with Crippen molar-refractivity contribution in [3.05, 3.63) is 54.0 Å². The summed E-state index contributed by atoms with van der Waals surface area (Å²) in [6.07, 6.45) is 6.00. The normalized spacial score (nSPS) is 17.3. The molecule has 7 heteroatoms. The molecule has 0 N–H and O–H groups in total. The molecule has 3 heterocycles. The molecule has 4 rings (SSSR count). The first-order valence-corrected chi connectivity index (χ1v) is 10.9. The Balaban J connectivity index is 1.36. The molecule has 0 aliphatic carbocycles. The molecule has 0 spiro atoms. The zero-order valence-corrected chi connectivity index (χ0v) is 17.9. The summed E-state index contributed by atoms with van der Waals surface area (Å²) in [6.45, 7) is 9.23. The molecule has 30 heavy (non-hydrogen) atoms. The SMILES string of the molecule is CCN(CC)C(=O)c1cn(C[C@@H]2CCCN(Cc3ccc4ncccc4c3)C2)nn1. The number of carbonyl (C=O) groups is 1. The fourth-order valence-corrected chi connectivity index (χ4v) is 4.35. The van der Waals surface area contributed by atoms with Crippen molar-refractivity contribution in [1.29, 1.82) is 0 Å². The average molecular weight is 407 g/mol. The van der Waals surface area contributed by atoms with Gasteiger partial charge in [0.25, 0.3) is 5.91 Å². The first-order chi connectivity index (χ1) is 14.7. The predicted molar refractivity (Wildman–Crippen MR) is 117 cm³/mol. The zero-order chi connectivity index (χ0) is 20.9. The van der Waals surface area contributed by atoms with Gasteiger partial charge in [-0.3, -0.25) is 19.4 Å². The molecule has 2 aromatic heterocycles. The molecule has 1 saturated heterocycles. The van der Waals surface area contributed by atoms with Gasteiger partial charge in [-0.25, -0.2) is 0 Å². The summed E-state index contributed by atoms with van der Waals surface area (Å²) in [4.78, 5) is 21.2. The number of piperidine rings is 1. The van der Waals surface area contributed by atoms with E-state index in [1.165, 1.54) is 23.8 Å². The number of carbonyl (C=O) groups excluding carboxylic acids is 1. The Morgan fingerprint density at radius 3 is 2.93 bits per heavy atom. The molecule has 1 aliphatic rings. The van der Waals surface area contributed by atoms with Crippen molar-refractivity contribution in [2.24, 2.45) is 5.92 Å². The molecule has 0 saturated carbocycles. The van der Waals surface area contributed by atoms with Crippen LogP contribution < -0.4 is 0 Å². The van der Waals surface area contributed by atoms with Crippen LogP contribution in [0.15, 0.2) is 42.7 Å². The second-order valence-electron chi connectivity index (χ2n) is 8.08. The van der Waals surface area contributed by atoms with Crippen molar-refractivity contribution >= 4 is 16.8 Å². The van der Waals surface area contributed by atoms with E-state index in [4.69, 9.17) is 0 Å². The van der Waals surface area contributed by atoms with Crippen LogP contribution in [0.4, 0.5) is 0 Å². The summed E-state index contributed by atoms with van der Waals surface area (Å²) in [5.74, 6) is 0.473. The van der Waals surface area contributed by atoms with Gasteiger partial charge in [-0.05, 0) is 62.9 Å². The molecule has 1 fully saturated rings. The van der Waals surface area contributed by atoms with E-state index in [-0.39, 0.29) is 5.91 Å². The Bertz CT molecular complexity index is 996. The smallest absolute Gasteiger partial charge is 0.276 e. The third kappa shape index (κ3) is 4.67. The van der Waals surface area contributed by atoms with E-state index in [0.29, 0.717) is 24.7 Å². The lowest BCUT2D eigenvalue weighted by molar-refractivity contribution is 0.0767. The number of pyridine rings is 1. The van der Waals surface area contributed by atoms with E-state index in [1.54, 1.807) is 11.1 Å². The average Bonchev–Trinajstić information content (AvgIpc) is 3.23. The van der Waals surface area contributed by atoms with Crippen LogP contribution in [-0.4, -0.2) is 61.9 Å². The third-order valence-corrected chi connectivity index (χ3v) is 5.93. The number of hydrogen-bond acceptors (Lipinski definition) is 5. The number of amides is 1. The molecule has 7 nitrogen and oxygen atoms in total. The highest BCUT2D eigenvalue weighted by atomic mass is 16.2. The summed E-state index contributed by atoms with van der Waals surface area (Å²) in [5, 5.41) is 9.53. The Morgan fingerprint density at radius 2 is 2.10 bits per heavy atom. The van der Waals surface area contributed by atoms with Gasteiger partial charge >= 0.3 is 0 Å². The number of aromatic nitrogens is 4. The van der Waals surface area contributed by atoms with E-state index < -0.39 is 0 Å². The quantitative estimate of drug-likeness (QED) is 0.603. The highest BCUT2D eigenvalue weighted by Gasteiger charge is 2.22. The summed E-state index contributed by atoms with van der Waals surface area (Å²) < 4.78 is 1.84. The van der Waals surface area contributed by atoms with Crippen LogP contribution in [0.3, 0.4) is 0 Å². The van der Waals surface area contributed by atoms with Gasteiger partial charge in [-0.1, -0.05) is 17.3 Å². The van der Waals surface area contributed by atoms with Crippen molar-refractivity contribution in [3.63, 3.8) is 0 Å². The first-order valence-electron chi connectivity index (χ1n) is 10.9. The minimum Gasteiger partial charge on any atom is -0.338 e. The van der Waals surface area contributed by atoms with E-state index in [0.717, 1.165) is 31.7 Å². The predicted octanol–water partition coefficient (Wildman–Crippen LogP) is 3.22. The maximum Gasteiger partial charge on any atom is 0.276 e. The molecular weight excluding hydrogens is 376 g/mol. The summed E-state index contributed by atoms with van der Waals surface area (Å²) >= 11 is 0. The van der Waals surface area contributed by atoms with Crippen molar-refractivity contribution < 1.29 is 4.79 Å². The molecule has 1 aliphatic heterocycles. The van der Waals surface area contributed by atoms with Gasteiger partial charge in [-0.2, -0.15) is 0 Å². The second-order valence-corrected chi connectivity index (χ2v) is 8.08. The largest absolute Gasteiger partial charge is 0.338 e. The van der Waals surface area contributed by atoms with Crippen LogP contribution in [-0.2, 0) is 13.1 Å². The van der Waals surface area contributed by atoms with E-state index in [9.17, 15) is 4.79 Å². The monoisotopic (exact) mass is 406 g/mol. The number of fused-ring (bicyclic) bond motifs is 1. The van der Waals surface area contributed by atoms with Crippen LogP contribution in [0.1, 0.15) is 42.7 Å². The fourth-order valence-electron chi connectivity index (χ4n) is 4.35. The fraction of sp³-hybridized carbons (Fsp3) is 0.478. The molecule has 1 atom stereocenters. The lowest BCUT2D eigenvalue weighted by atomic mass is 9.97. The first kappa shape index (κ1) is 20.5. The lowest BCUT2D eigenvalue weighted by Crippen LogP contribution is -2.36. The lowest BCUT2D eigenvalue weighted by Gasteiger charge is -2.32. The second kappa shape index (κ2) is 9.34. The summed E-state index contributed by atoms with van der Waals surface area (Å²) in [5.41, 5.74) is 2.80. The number of nitrogens with zero attached hydrogens (tertiary/aromatic N) is 6. The highest BCUT2D eigenvalue weighted by Crippen LogP contribution is 2.21. The Hall–Kier alpha value is -2.80. The minimum atomic E-state index is -0.0395. The Morgan fingerprint density at radius 1 is 1.23 bits per heavy atom. The topological polar surface area (TPSA) is 67.2 Å². The maximum absolute atomic E-state index is 12.5. The molecular formula is C23H30N6O. The molecule has 0 radical (unpaired) electrons. The number of benzene rings is 1. The van der Waals surface area contributed by atoms with Crippen LogP contribution in [0.25, 0.3) is 10.9 Å². The van der Waals surface area contributed by atoms with Crippen LogP contribution in [0.5, 0.6) is 0 Å². The summed E-state index contributed by atoms with van der Waals surface area (Å²) in [6, 6.07) is 10.6. The van der Waals surface area contributed by atoms with Gasteiger partial charge in [0.05, 0.1) is 11.7 Å². The Labute approximate surface area is 177 Å². The van der Waals surface area contributed by atoms with Crippen LogP contribution >= 0.6 is 0 Å². The van der Waals surface area contributed by atoms with Crippen molar-refractivity contribution in [2.45, 2.75) is 39.8 Å². The maximum atomic E-state index is 12.5. The van der Waals surface area contributed by atoms with E-state index >= 15 is 0 Å². The molecule has 1 amide bonds. The molecule has 158 valence electrons. The van der Waals surface area contributed by atoms with Crippen LogP contribution in [0, 0.1) is 5.92 Å². The standard InChI is InChI=1S/C23H30N6O/c1-3-28(4-2)23(30)22-17-29(26-25-22)16-19-7-6-12-27(15-19)14-18-9-10-21-20(13-18)8-5-11-24-21/h5,8-11,13,17,19H,3-4,6-7,12,14-16H2,1-2H3/t19-/m1/s1. The minimum absolute atomic E-state index is 0.0395. The van der Waals surface area contributed by atoms with Crippen molar-refractivity contribution in [1.82, 2.24) is 29.8 Å². The third-order valence-electron chi connectivity index (χ3n) is 5.93. The number of rotatable bonds is 7.